The predicted octanol–water partition coefficient (Wildman–Crippen LogP) is 5.46. The number of halogens is 1. The Labute approximate surface area is 149 Å². The van der Waals surface area contributed by atoms with Crippen LogP contribution in [0.3, 0.4) is 0 Å². The number of fused-ring (bicyclic) bond motifs is 1. The van der Waals surface area contributed by atoms with Crippen LogP contribution in [-0.2, 0) is 0 Å². The first-order valence-corrected chi connectivity index (χ1v) is 8.13. The number of nitrogens with one attached hydrogen (secondary N) is 1. The van der Waals surface area contributed by atoms with E-state index < -0.39 is 0 Å². The molecule has 0 aliphatic heterocycles. The van der Waals surface area contributed by atoms with Crippen molar-refractivity contribution in [2.75, 3.05) is 11.1 Å². The Morgan fingerprint density at radius 3 is 2.50 bits per heavy atom. The van der Waals surface area contributed by atoms with Gasteiger partial charge in [0.25, 0.3) is 0 Å². The smallest absolute Gasteiger partial charge is 0.215 e. The number of hydrogen-bond acceptors (Lipinski definition) is 4. The van der Waals surface area contributed by atoms with Crippen LogP contribution >= 0.6 is 0 Å². The van der Waals surface area contributed by atoms with Crippen molar-refractivity contribution in [1.29, 1.82) is 0 Å². The number of hydrogen-bond donors (Lipinski definition) is 2. The Bertz CT molecular complexity index is 1070. The largest absolute Gasteiger partial charge is 0.436 e. The molecule has 26 heavy (non-hydrogen) atoms. The monoisotopic (exact) mass is 345 g/mol. The summed E-state index contributed by atoms with van der Waals surface area (Å²) in [7, 11) is 0. The molecule has 0 saturated heterocycles. The number of benzene rings is 2. The Kier molecular flexibility index (Phi) is 4.11. The molecular weight excluding hydrogens is 329 g/mol. The lowest BCUT2D eigenvalue weighted by molar-refractivity contribution is 0.628. The van der Waals surface area contributed by atoms with Crippen molar-refractivity contribution in [3.8, 4) is 0 Å². The normalized spacial score (nSPS) is 11.3. The third-order valence-corrected chi connectivity index (χ3v) is 4.01. The van der Waals surface area contributed by atoms with Gasteiger partial charge in [0, 0.05) is 11.9 Å². The molecule has 0 aliphatic carbocycles. The van der Waals surface area contributed by atoms with E-state index in [9.17, 15) is 4.39 Å². The van der Waals surface area contributed by atoms with Gasteiger partial charge < -0.3 is 15.5 Å². The van der Waals surface area contributed by atoms with E-state index in [0.29, 0.717) is 17.0 Å². The molecule has 0 saturated carbocycles. The summed E-state index contributed by atoms with van der Waals surface area (Å²) in [6.45, 7) is 0. The second-order valence-corrected chi connectivity index (χ2v) is 5.79. The topological polar surface area (TPSA) is 64.1 Å². The van der Waals surface area contributed by atoms with Crippen molar-refractivity contribution < 1.29 is 8.81 Å². The van der Waals surface area contributed by atoms with Crippen molar-refractivity contribution in [3.63, 3.8) is 0 Å². The number of aromatic nitrogens is 1. The zero-order chi connectivity index (χ0) is 17.9. The summed E-state index contributed by atoms with van der Waals surface area (Å²) in [6.07, 6.45) is 5.56. The molecule has 4 nitrogen and oxygen atoms in total. The van der Waals surface area contributed by atoms with Gasteiger partial charge in [-0.25, -0.2) is 4.39 Å². The van der Waals surface area contributed by atoms with Crippen LogP contribution in [0.25, 0.3) is 23.1 Å². The van der Waals surface area contributed by atoms with Gasteiger partial charge in [0.2, 0.25) is 5.88 Å². The highest BCUT2D eigenvalue weighted by Crippen LogP contribution is 2.36. The van der Waals surface area contributed by atoms with E-state index in [1.807, 2.05) is 48.6 Å². The van der Waals surface area contributed by atoms with Gasteiger partial charge >= 0.3 is 0 Å². The highest BCUT2D eigenvalue weighted by molar-refractivity contribution is 6.01. The number of rotatable bonds is 4. The molecule has 2 aromatic heterocycles. The minimum atomic E-state index is -0.293. The van der Waals surface area contributed by atoms with E-state index >= 15 is 0 Å². The molecule has 0 atom stereocenters. The lowest BCUT2D eigenvalue weighted by Gasteiger charge is -2.05. The van der Waals surface area contributed by atoms with E-state index in [1.165, 1.54) is 12.1 Å². The number of anilines is 3. The van der Waals surface area contributed by atoms with Crippen LogP contribution in [0.4, 0.5) is 21.6 Å². The highest BCUT2D eigenvalue weighted by atomic mass is 19.1. The summed E-state index contributed by atoms with van der Waals surface area (Å²) in [6, 6.07) is 17.8. The molecule has 0 spiro atoms. The highest BCUT2D eigenvalue weighted by Gasteiger charge is 2.14. The number of pyridine rings is 1. The van der Waals surface area contributed by atoms with E-state index in [1.54, 1.807) is 18.3 Å². The summed E-state index contributed by atoms with van der Waals surface area (Å²) in [5.41, 5.74) is 9.76. The summed E-state index contributed by atoms with van der Waals surface area (Å²) in [5, 5.41) is 4.00. The van der Waals surface area contributed by atoms with Gasteiger partial charge in [-0.1, -0.05) is 36.4 Å². The zero-order valence-electron chi connectivity index (χ0n) is 13.8. The minimum Gasteiger partial charge on any atom is -0.436 e. The van der Waals surface area contributed by atoms with Crippen molar-refractivity contribution in [2.45, 2.75) is 0 Å². The molecule has 0 amide bonds. The number of furan rings is 1. The first kappa shape index (κ1) is 15.9. The first-order valence-electron chi connectivity index (χ1n) is 8.13. The van der Waals surface area contributed by atoms with E-state index in [4.69, 9.17) is 10.2 Å². The van der Waals surface area contributed by atoms with Gasteiger partial charge in [-0.3, -0.25) is 4.98 Å². The lowest BCUT2D eigenvalue weighted by atomic mass is 10.1. The van der Waals surface area contributed by atoms with E-state index in [2.05, 4.69) is 10.3 Å². The van der Waals surface area contributed by atoms with Crippen LogP contribution in [0.15, 0.2) is 71.3 Å². The molecule has 5 heteroatoms. The van der Waals surface area contributed by atoms with Crippen molar-refractivity contribution in [2.24, 2.45) is 0 Å². The second-order valence-electron chi connectivity index (χ2n) is 5.79. The first-order chi connectivity index (χ1) is 12.7. The Morgan fingerprint density at radius 2 is 1.73 bits per heavy atom. The molecule has 2 heterocycles. The fourth-order valence-electron chi connectivity index (χ4n) is 2.73. The molecule has 128 valence electrons. The minimum absolute atomic E-state index is 0.256. The third kappa shape index (κ3) is 3.15. The van der Waals surface area contributed by atoms with Gasteiger partial charge in [0.05, 0.1) is 5.39 Å². The van der Waals surface area contributed by atoms with Crippen molar-refractivity contribution in [1.82, 2.24) is 4.98 Å². The molecule has 3 N–H and O–H groups in total. The Hall–Kier alpha value is -3.60. The second kappa shape index (κ2) is 6.72. The predicted molar refractivity (Wildman–Crippen MR) is 103 cm³/mol. The standard InChI is InChI=1S/C21H16FN3O/c22-15-7-9-16(10-8-15)25-19-17-12-13-24-18(20(17)26-21(19)23)11-6-14-4-2-1-3-5-14/h1-13,25H,23H2. The molecule has 4 rings (SSSR count). The summed E-state index contributed by atoms with van der Waals surface area (Å²) in [4.78, 5) is 4.38. The zero-order valence-corrected chi connectivity index (χ0v) is 13.8. The SMILES string of the molecule is Nc1oc2c(C=Cc3ccccc3)nccc2c1Nc1ccc(F)cc1. The van der Waals surface area contributed by atoms with E-state index in [-0.39, 0.29) is 11.7 Å². The lowest BCUT2D eigenvalue weighted by Crippen LogP contribution is -1.93. The van der Waals surface area contributed by atoms with Gasteiger partial charge in [-0.15, -0.1) is 0 Å². The van der Waals surface area contributed by atoms with Crippen LogP contribution < -0.4 is 11.1 Å². The molecule has 0 unspecified atom stereocenters. The number of nitrogen functional groups attached to an aromatic ring is 1. The molecule has 2 aromatic carbocycles. The van der Waals surface area contributed by atoms with Crippen LogP contribution in [-0.4, -0.2) is 4.98 Å². The fourth-order valence-corrected chi connectivity index (χ4v) is 2.73. The summed E-state index contributed by atoms with van der Waals surface area (Å²) in [5.74, 6) is -0.0372. The molecule has 0 radical (unpaired) electrons. The van der Waals surface area contributed by atoms with E-state index in [0.717, 1.165) is 16.6 Å². The average molecular weight is 345 g/mol. The molecule has 0 bridgehead atoms. The Balaban J connectivity index is 1.71. The molecular formula is C21H16FN3O. The molecule has 0 aliphatic rings. The number of nitrogens with zero attached hydrogens (tertiary/aromatic N) is 1. The summed E-state index contributed by atoms with van der Waals surface area (Å²) >= 11 is 0. The van der Waals surface area contributed by atoms with Gasteiger partial charge in [-0.2, -0.15) is 0 Å². The van der Waals surface area contributed by atoms with Crippen molar-refractivity contribution >= 4 is 40.4 Å². The maximum atomic E-state index is 13.1. The van der Waals surface area contributed by atoms with Gasteiger partial charge in [0.1, 0.15) is 17.2 Å². The van der Waals surface area contributed by atoms with Gasteiger partial charge in [0.15, 0.2) is 5.58 Å². The van der Waals surface area contributed by atoms with Crippen LogP contribution in [0.1, 0.15) is 11.3 Å². The fraction of sp³-hybridized carbons (Fsp3) is 0. The summed E-state index contributed by atoms with van der Waals surface area (Å²) < 4.78 is 18.8. The molecule has 4 aromatic rings. The van der Waals surface area contributed by atoms with Crippen molar-refractivity contribution in [3.05, 3.63) is 83.9 Å². The Morgan fingerprint density at radius 1 is 0.962 bits per heavy atom. The van der Waals surface area contributed by atoms with Crippen LogP contribution in [0.5, 0.6) is 0 Å². The quantitative estimate of drug-likeness (QED) is 0.515. The molecule has 0 fully saturated rings. The maximum absolute atomic E-state index is 13.1. The van der Waals surface area contributed by atoms with Crippen LogP contribution in [0.2, 0.25) is 0 Å². The average Bonchev–Trinajstić information content (AvgIpc) is 2.99. The number of nitrogens with two attached hydrogens (primary N) is 1. The van der Waals surface area contributed by atoms with Gasteiger partial charge in [-0.05, 0) is 42.0 Å². The third-order valence-electron chi connectivity index (χ3n) is 4.01. The van der Waals surface area contributed by atoms with Crippen LogP contribution in [0, 0.1) is 5.82 Å². The maximum Gasteiger partial charge on any atom is 0.215 e.